The Labute approximate surface area is 284 Å². The van der Waals surface area contributed by atoms with Crippen molar-refractivity contribution in [2.75, 3.05) is 24.2 Å². The Kier molecular flexibility index (Phi) is 12.2. The first-order chi connectivity index (χ1) is 23.1. The van der Waals surface area contributed by atoms with Crippen LogP contribution in [-0.2, 0) is 29.2 Å². The third kappa shape index (κ3) is 10.6. The predicted octanol–water partition coefficient (Wildman–Crippen LogP) is 5.08. The maximum atomic E-state index is 13.8. The molecule has 13 heteroatoms. The second-order valence-corrected chi connectivity index (χ2v) is 13.8. The standard InChI is InChI=1S/C36H39F3N4O5S/c1-24(27-14-8-5-9-15-27)41-34(45)28-19-29(21-31(20-28)43(2)49(3,47)48)35(46)42-32(18-25-11-6-4-7-12-25)33(44)23-40-22-26-13-10-16-30(17-26)36(37,38)39/h4-17,19-21,24,32-33,40,44H,18,22-23H2,1-3H3,(H,41,45)(H,42,46). The summed E-state index contributed by atoms with van der Waals surface area (Å²) >= 11 is 0. The highest BCUT2D eigenvalue weighted by molar-refractivity contribution is 7.92. The highest BCUT2D eigenvalue weighted by Crippen LogP contribution is 2.29. The molecular weight excluding hydrogens is 657 g/mol. The van der Waals surface area contributed by atoms with Crippen molar-refractivity contribution in [1.82, 2.24) is 16.0 Å². The van der Waals surface area contributed by atoms with Gasteiger partial charge in [0.25, 0.3) is 11.8 Å². The topological polar surface area (TPSA) is 128 Å². The number of rotatable bonds is 14. The molecule has 0 spiro atoms. The summed E-state index contributed by atoms with van der Waals surface area (Å²) in [6.07, 6.45) is -4.49. The van der Waals surface area contributed by atoms with Crippen LogP contribution in [0.4, 0.5) is 18.9 Å². The lowest BCUT2D eigenvalue weighted by Crippen LogP contribution is -2.48. The number of sulfonamides is 1. The average Bonchev–Trinajstić information content (AvgIpc) is 3.07. The lowest BCUT2D eigenvalue weighted by atomic mass is 9.99. The molecule has 0 fully saturated rings. The zero-order valence-electron chi connectivity index (χ0n) is 27.2. The maximum absolute atomic E-state index is 13.8. The Morgan fingerprint density at radius 1 is 0.816 bits per heavy atom. The third-order valence-electron chi connectivity index (χ3n) is 7.97. The second-order valence-electron chi connectivity index (χ2n) is 11.8. The predicted molar refractivity (Wildman–Crippen MR) is 183 cm³/mol. The van der Waals surface area contributed by atoms with E-state index in [9.17, 15) is 36.3 Å². The van der Waals surface area contributed by atoms with Crippen molar-refractivity contribution in [2.45, 2.75) is 44.3 Å². The van der Waals surface area contributed by atoms with Crippen molar-refractivity contribution < 1.29 is 36.3 Å². The van der Waals surface area contributed by atoms with Crippen molar-refractivity contribution in [3.05, 3.63) is 137 Å². The molecule has 4 aromatic rings. The van der Waals surface area contributed by atoms with Crippen LogP contribution in [-0.4, -0.2) is 57.3 Å². The van der Waals surface area contributed by atoms with Gasteiger partial charge in [0, 0.05) is 31.3 Å². The van der Waals surface area contributed by atoms with Crippen molar-refractivity contribution in [1.29, 1.82) is 0 Å². The van der Waals surface area contributed by atoms with E-state index in [0.29, 0.717) is 5.56 Å². The number of alkyl halides is 3. The fourth-order valence-corrected chi connectivity index (χ4v) is 5.61. The van der Waals surface area contributed by atoms with Crippen LogP contribution in [0.3, 0.4) is 0 Å². The second kappa shape index (κ2) is 16.1. The van der Waals surface area contributed by atoms with E-state index in [1.807, 2.05) is 48.5 Å². The zero-order valence-corrected chi connectivity index (χ0v) is 28.1. The molecule has 0 saturated heterocycles. The number of halogens is 3. The quantitative estimate of drug-likeness (QED) is 0.146. The Balaban J connectivity index is 1.57. The first-order valence-corrected chi connectivity index (χ1v) is 17.3. The molecule has 4 aromatic carbocycles. The molecule has 0 aliphatic rings. The smallest absolute Gasteiger partial charge is 0.390 e. The highest BCUT2D eigenvalue weighted by Gasteiger charge is 2.30. The van der Waals surface area contributed by atoms with Crippen LogP contribution in [0.15, 0.2) is 103 Å². The van der Waals surface area contributed by atoms with Crippen molar-refractivity contribution >= 4 is 27.5 Å². The number of nitrogens with zero attached hydrogens (tertiary/aromatic N) is 1. The van der Waals surface area contributed by atoms with E-state index in [1.165, 1.54) is 37.4 Å². The Morgan fingerprint density at radius 2 is 1.39 bits per heavy atom. The molecule has 9 nitrogen and oxygen atoms in total. The summed E-state index contributed by atoms with van der Waals surface area (Å²) in [6, 6.07) is 25.9. The molecule has 3 atom stereocenters. The van der Waals surface area contributed by atoms with Gasteiger partial charge >= 0.3 is 6.18 Å². The molecule has 4 rings (SSSR count). The van der Waals surface area contributed by atoms with Crippen molar-refractivity contribution in [2.24, 2.45) is 0 Å². The molecule has 0 bridgehead atoms. The SMILES string of the molecule is CC(NC(=O)c1cc(C(=O)NC(Cc2ccccc2)C(O)CNCc2cccc(C(F)(F)F)c2)cc(N(C)S(C)(=O)=O)c1)c1ccccc1. The fourth-order valence-electron chi connectivity index (χ4n) is 5.12. The van der Waals surface area contributed by atoms with E-state index in [-0.39, 0.29) is 36.3 Å². The molecule has 0 aliphatic carbocycles. The first-order valence-electron chi connectivity index (χ1n) is 15.5. The molecule has 2 amide bonds. The van der Waals surface area contributed by atoms with Crippen LogP contribution in [0.25, 0.3) is 0 Å². The van der Waals surface area contributed by atoms with Gasteiger partial charge < -0.3 is 21.1 Å². The molecule has 0 saturated carbocycles. The van der Waals surface area contributed by atoms with Gasteiger partial charge in [0.05, 0.1) is 35.7 Å². The Hall–Kier alpha value is -4.72. The molecule has 0 aliphatic heterocycles. The lowest BCUT2D eigenvalue weighted by molar-refractivity contribution is -0.137. The zero-order chi connectivity index (χ0) is 35.8. The van der Waals surface area contributed by atoms with E-state index in [4.69, 9.17) is 0 Å². The minimum atomic E-state index is -4.49. The van der Waals surface area contributed by atoms with E-state index >= 15 is 0 Å². The van der Waals surface area contributed by atoms with Gasteiger partial charge in [-0.05, 0) is 54.3 Å². The van der Waals surface area contributed by atoms with E-state index < -0.39 is 51.8 Å². The number of benzene rings is 4. The molecule has 0 aromatic heterocycles. The molecule has 3 unspecified atom stereocenters. The summed E-state index contributed by atoms with van der Waals surface area (Å²) in [5.74, 6) is -1.21. The largest absolute Gasteiger partial charge is 0.416 e. The Morgan fingerprint density at radius 3 is 1.98 bits per heavy atom. The summed E-state index contributed by atoms with van der Waals surface area (Å²) < 4.78 is 65.3. The van der Waals surface area contributed by atoms with Crippen LogP contribution in [0, 0.1) is 0 Å². The van der Waals surface area contributed by atoms with Crippen molar-refractivity contribution in [3.63, 3.8) is 0 Å². The van der Waals surface area contributed by atoms with Crippen LogP contribution < -0.4 is 20.3 Å². The monoisotopic (exact) mass is 696 g/mol. The lowest BCUT2D eigenvalue weighted by Gasteiger charge is -2.26. The summed E-state index contributed by atoms with van der Waals surface area (Å²) in [5.41, 5.74) is 1.33. The maximum Gasteiger partial charge on any atom is 0.416 e. The van der Waals surface area contributed by atoms with Crippen molar-refractivity contribution in [3.8, 4) is 0 Å². The molecule has 0 heterocycles. The molecular formula is C36H39F3N4O5S. The van der Waals surface area contributed by atoms with E-state index in [2.05, 4.69) is 16.0 Å². The van der Waals surface area contributed by atoms with Crippen LogP contribution in [0.1, 0.15) is 55.9 Å². The Bertz CT molecular complexity index is 1840. The molecule has 49 heavy (non-hydrogen) atoms. The summed E-state index contributed by atoms with van der Waals surface area (Å²) in [7, 11) is -2.46. The third-order valence-corrected chi connectivity index (χ3v) is 9.17. The van der Waals surface area contributed by atoms with E-state index in [1.54, 1.807) is 19.1 Å². The fraction of sp³-hybridized carbons (Fsp3) is 0.278. The minimum absolute atomic E-state index is 0.0206. The number of aliphatic hydroxyl groups is 1. The average molecular weight is 697 g/mol. The highest BCUT2D eigenvalue weighted by atomic mass is 32.2. The number of amides is 2. The normalized spacial score (nSPS) is 13.6. The number of nitrogens with one attached hydrogen (secondary N) is 3. The minimum Gasteiger partial charge on any atom is -0.390 e. The number of carbonyl (C=O) groups excluding carboxylic acids is 2. The number of anilines is 1. The summed E-state index contributed by atoms with van der Waals surface area (Å²) in [4.78, 5) is 27.2. The summed E-state index contributed by atoms with van der Waals surface area (Å²) in [6.45, 7) is 1.76. The van der Waals surface area contributed by atoms with Crippen LogP contribution in [0.2, 0.25) is 0 Å². The summed E-state index contributed by atoms with van der Waals surface area (Å²) in [5, 5.41) is 19.9. The van der Waals surface area contributed by atoms with Gasteiger partial charge in [-0.3, -0.25) is 13.9 Å². The molecule has 4 N–H and O–H groups in total. The first kappa shape index (κ1) is 37.1. The van der Waals surface area contributed by atoms with E-state index in [0.717, 1.165) is 33.8 Å². The number of hydrogen-bond donors (Lipinski definition) is 4. The van der Waals surface area contributed by atoms with Gasteiger partial charge in [0.2, 0.25) is 10.0 Å². The van der Waals surface area contributed by atoms with Gasteiger partial charge in [-0.15, -0.1) is 0 Å². The molecule has 260 valence electrons. The van der Waals surface area contributed by atoms with Gasteiger partial charge in [-0.25, -0.2) is 8.42 Å². The van der Waals surface area contributed by atoms with Gasteiger partial charge in [-0.2, -0.15) is 13.2 Å². The van der Waals surface area contributed by atoms with Gasteiger partial charge in [0.15, 0.2) is 0 Å². The number of aliphatic hydroxyl groups excluding tert-OH is 1. The molecule has 0 radical (unpaired) electrons. The van der Waals surface area contributed by atoms with Crippen LogP contribution >= 0.6 is 0 Å². The van der Waals surface area contributed by atoms with Crippen LogP contribution in [0.5, 0.6) is 0 Å². The van der Waals surface area contributed by atoms with Gasteiger partial charge in [0.1, 0.15) is 0 Å². The number of hydrogen-bond acceptors (Lipinski definition) is 6. The van der Waals surface area contributed by atoms with Gasteiger partial charge in [-0.1, -0.05) is 78.9 Å². The number of carbonyl (C=O) groups is 2.